The van der Waals surface area contributed by atoms with Crippen molar-refractivity contribution in [2.75, 3.05) is 24.7 Å². The van der Waals surface area contributed by atoms with Gasteiger partial charge in [0.25, 0.3) is 0 Å². The Morgan fingerprint density at radius 2 is 2.12 bits per heavy atom. The molecule has 0 aromatic carbocycles. The fraction of sp³-hybridized carbons (Fsp3) is 0.583. The smallest absolute Gasteiger partial charge is 0.174 e. The minimum absolute atomic E-state index is 0.164. The molecule has 0 amide bonds. The lowest BCUT2D eigenvalue weighted by atomic mass is 10.1. The molecule has 0 spiro atoms. The van der Waals surface area contributed by atoms with Gasteiger partial charge in [-0.1, -0.05) is 6.92 Å². The van der Waals surface area contributed by atoms with Gasteiger partial charge in [0, 0.05) is 26.1 Å². The van der Waals surface area contributed by atoms with Gasteiger partial charge < -0.3 is 10.6 Å². The van der Waals surface area contributed by atoms with E-state index in [1.165, 1.54) is 18.4 Å². The van der Waals surface area contributed by atoms with Crippen LogP contribution in [0.3, 0.4) is 0 Å². The van der Waals surface area contributed by atoms with Crippen LogP contribution in [0, 0.1) is 0 Å². The Morgan fingerprint density at radius 1 is 1.50 bits per heavy atom. The summed E-state index contributed by atoms with van der Waals surface area (Å²) >= 11 is 1.55. The van der Waals surface area contributed by atoms with Gasteiger partial charge in [0.2, 0.25) is 0 Å². The summed E-state index contributed by atoms with van der Waals surface area (Å²) in [5.74, 6) is 0.754. The van der Waals surface area contributed by atoms with Crippen LogP contribution in [0.5, 0.6) is 0 Å². The lowest BCUT2D eigenvalue weighted by molar-refractivity contribution is 0.0993. The molecule has 4 heteroatoms. The third kappa shape index (κ3) is 1.82. The highest BCUT2D eigenvalue weighted by Gasteiger charge is 2.33. The van der Waals surface area contributed by atoms with Gasteiger partial charge in [-0.15, -0.1) is 11.3 Å². The fourth-order valence-electron chi connectivity index (χ4n) is 1.91. The SMILES string of the molecule is CCC(=O)c1sc(N(C)C)c(C2CC2)c1N. The quantitative estimate of drug-likeness (QED) is 0.820. The molecule has 0 unspecified atom stereocenters. The molecule has 1 heterocycles. The average molecular weight is 238 g/mol. The van der Waals surface area contributed by atoms with Crippen molar-refractivity contribution in [1.82, 2.24) is 0 Å². The monoisotopic (exact) mass is 238 g/mol. The Labute approximate surface area is 100 Å². The molecule has 1 aliphatic carbocycles. The Hall–Kier alpha value is -1.03. The van der Waals surface area contributed by atoms with Crippen molar-refractivity contribution < 1.29 is 4.79 Å². The molecule has 1 fully saturated rings. The average Bonchev–Trinajstić information content (AvgIpc) is 3.01. The van der Waals surface area contributed by atoms with Gasteiger partial charge in [0.15, 0.2) is 5.78 Å². The van der Waals surface area contributed by atoms with E-state index >= 15 is 0 Å². The Morgan fingerprint density at radius 3 is 2.56 bits per heavy atom. The molecule has 2 rings (SSSR count). The normalized spacial score (nSPS) is 15.2. The zero-order chi connectivity index (χ0) is 11.9. The molecule has 0 bridgehead atoms. The lowest BCUT2D eigenvalue weighted by Crippen LogP contribution is -2.09. The topological polar surface area (TPSA) is 46.3 Å². The molecule has 0 radical (unpaired) electrons. The number of thiophene rings is 1. The molecular formula is C12H18N2OS. The van der Waals surface area contributed by atoms with Crippen molar-refractivity contribution in [2.45, 2.75) is 32.1 Å². The van der Waals surface area contributed by atoms with Crippen molar-refractivity contribution in [3.05, 3.63) is 10.4 Å². The predicted molar refractivity (Wildman–Crippen MR) is 69.7 cm³/mol. The Kier molecular flexibility index (Phi) is 2.93. The van der Waals surface area contributed by atoms with Crippen LogP contribution in [0.4, 0.5) is 10.7 Å². The van der Waals surface area contributed by atoms with E-state index in [2.05, 4.69) is 4.90 Å². The van der Waals surface area contributed by atoms with Crippen LogP contribution in [0.1, 0.15) is 47.3 Å². The van der Waals surface area contributed by atoms with E-state index in [1.807, 2.05) is 21.0 Å². The summed E-state index contributed by atoms with van der Waals surface area (Å²) in [5, 5.41) is 1.16. The van der Waals surface area contributed by atoms with E-state index < -0.39 is 0 Å². The highest BCUT2D eigenvalue weighted by atomic mass is 32.1. The molecule has 0 atom stereocenters. The molecular weight excluding hydrogens is 220 g/mol. The number of carbonyl (C=O) groups excluding carboxylic acids is 1. The number of ketones is 1. The molecule has 16 heavy (non-hydrogen) atoms. The number of carbonyl (C=O) groups is 1. The Balaban J connectivity index is 2.48. The molecule has 1 saturated carbocycles. The summed E-state index contributed by atoms with van der Waals surface area (Å²) in [6.45, 7) is 1.88. The largest absolute Gasteiger partial charge is 0.397 e. The number of Topliss-reactive ketones (excluding diaryl/α,β-unsaturated/α-hetero) is 1. The van der Waals surface area contributed by atoms with Crippen molar-refractivity contribution in [1.29, 1.82) is 0 Å². The van der Waals surface area contributed by atoms with Crippen molar-refractivity contribution in [2.24, 2.45) is 0 Å². The number of hydrogen-bond donors (Lipinski definition) is 1. The maximum absolute atomic E-state index is 11.8. The third-order valence-corrected chi connectivity index (χ3v) is 4.36. The fourth-order valence-corrected chi connectivity index (χ4v) is 3.15. The molecule has 0 aliphatic heterocycles. The second-order valence-electron chi connectivity index (χ2n) is 4.51. The van der Waals surface area contributed by atoms with Crippen LogP contribution >= 0.6 is 11.3 Å². The van der Waals surface area contributed by atoms with Crippen LogP contribution in [0.25, 0.3) is 0 Å². The van der Waals surface area contributed by atoms with E-state index in [0.717, 1.165) is 15.6 Å². The standard InChI is InChI=1S/C12H18N2OS/c1-4-8(15)11-10(13)9(7-5-6-7)12(16-11)14(2)3/h7H,4-6,13H2,1-3H3. The first-order valence-electron chi connectivity index (χ1n) is 5.68. The summed E-state index contributed by atoms with van der Waals surface area (Å²) in [6, 6.07) is 0. The number of nitrogens with two attached hydrogens (primary N) is 1. The molecule has 2 N–H and O–H groups in total. The van der Waals surface area contributed by atoms with Gasteiger partial charge in [-0.25, -0.2) is 0 Å². The molecule has 88 valence electrons. The van der Waals surface area contributed by atoms with Crippen LogP contribution < -0.4 is 10.6 Å². The first-order chi connectivity index (χ1) is 7.56. The summed E-state index contributed by atoms with van der Waals surface area (Å²) in [6.07, 6.45) is 2.95. The first-order valence-corrected chi connectivity index (χ1v) is 6.50. The second-order valence-corrected chi connectivity index (χ2v) is 5.51. The van der Waals surface area contributed by atoms with Crippen LogP contribution in [-0.4, -0.2) is 19.9 Å². The summed E-state index contributed by atoms with van der Waals surface area (Å²) in [4.78, 5) is 14.6. The number of hydrogen-bond acceptors (Lipinski definition) is 4. The first kappa shape index (κ1) is 11.5. The van der Waals surface area contributed by atoms with Crippen molar-refractivity contribution >= 4 is 27.8 Å². The van der Waals surface area contributed by atoms with Gasteiger partial charge in [0.05, 0.1) is 15.6 Å². The minimum Gasteiger partial charge on any atom is -0.397 e. The van der Waals surface area contributed by atoms with E-state index in [9.17, 15) is 4.79 Å². The second kappa shape index (κ2) is 4.09. The van der Waals surface area contributed by atoms with Gasteiger partial charge in [-0.3, -0.25) is 4.79 Å². The lowest BCUT2D eigenvalue weighted by Gasteiger charge is -2.12. The summed E-state index contributed by atoms with van der Waals surface area (Å²) in [5.41, 5.74) is 8.08. The van der Waals surface area contributed by atoms with Gasteiger partial charge in [-0.2, -0.15) is 0 Å². The maximum Gasteiger partial charge on any atom is 0.174 e. The third-order valence-electron chi connectivity index (χ3n) is 2.93. The number of nitrogens with zero attached hydrogens (tertiary/aromatic N) is 1. The van der Waals surface area contributed by atoms with E-state index in [4.69, 9.17) is 5.73 Å². The van der Waals surface area contributed by atoms with Crippen molar-refractivity contribution in [3.63, 3.8) is 0 Å². The zero-order valence-electron chi connectivity index (χ0n) is 10.0. The van der Waals surface area contributed by atoms with Crippen molar-refractivity contribution in [3.8, 4) is 0 Å². The molecule has 1 aromatic heterocycles. The highest BCUT2D eigenvalue weighted by Crippen LogP contribution is 2.51. The molecule has 1 aliphatic rings. The van der Waals surface area contributed by atoms with Gasteiger partial charge >= 0.3 is 0 Å². The highest BCUT2D eigenvalue weighted by molar-refractivity contribution is 7.18. The number of rotatable bonds is 4. The zero-order valence-corrected chi connectivity index (χ0v) is 10.9. The summed E-state index contributed by atoms with van der Waals surface area (Å²) in [7, 11) is 4.02. The summed E-state index contributed by atoms with van der Waals surface area (Å²) < 4.78 is 0. The Bertz CT molecular complexity index is 419. The maximum atomic E-state index is 11.8. The molecule has 1 aromatic rings. The predicted octanol–water partition coefficient (Wildman–Crippen LogP) is 2.87. The van der Waals surface area contributed by atoms with E-state index in [0.29, 0.717) is 12.3 Å². The minimum atomic E-state index is 0.164. The van der Waals surface area contributed by atoms with Crippen LogP contribution in [0.15, 0.2) is 0 Å². The van der Waals surface area contributed by atoms with Crippen LogP contribution in [0.2, 0.25) is 0 Å². The van der Waals surface area contributed by atoms with E-state index in [1.54, 1.807) is 11.3 Å². The molecule has 3 nitrogen and oxygen atoms in total. The number of anilines is 2. The van der Waals surface area contributed by atoms with Crippen LogP contribution in [-0.2, 0) is 0 Å². The number of nitrogen functional groups attached to an aromatic ring is 1. The van der Waals surface area contributed by atoms with Gasteiger partial charge in [-0.05, 0) is 18.8 Å². The molecule has 0 saturated heterocycles. The van der Waals surface area contributed by atoms with Gasteiger partial charge in [0.1, 0.15) is 0 Å². The van der Waals surface area contributed by atoms with E-state index in [-0.39, 0.29) is 5.78 Å².